The predicted molar refractivity (Wildman–Crippen MR) is 144 cm³/mol. The van der Waals surface area contributed by atoms with Crippen molar-refractivity contribution in [1.82, 2.24) is 4.90 Å². The minimum absolute atomic E-state index is 0.253. The van der Waals surface area contributed by atoms with Gasteiger partial charge in [-0.15, -0.1) is 0 Å². The summed E-state index contributed by atoms with van der Waals surface area (Å²) in [6.45, 7) is 2.11. The van der Waals surface area contributed by atoms with Gasteiger partial charge in [0.2, 0.25) is 0 Å². The average molecular weight is 502 g/mol. The molecule has 0 aromatic heterocycles. The van der Waals surface area contributed by atoms with Crippen LogP contribution in [0.2, 0.25) is 0 Å². The van der Waals surface area contributed by atoms with Crippen molar-refractivity contribution in [1.29, 1.82) is 0 Å². The monoisotopic (exact) mass is 501 g/mol. The Kier molecular flexibility index (Phi) is 7.80. The molecule has 37 heavy (non-hydrogen) atoms. The fraction of sp³-hybridized carbons (Fsp3) is 0.344. The van der Waals surface area contributed by atoms with Crippen LogP contribution in [0.3, 0.4) is 0 Å². The topological polar surface area (TPSA) is 40.5 Å². The number of nitrogens with zero attached hydrogens (tertiary/aromatic N) is 1. The molecule has 5 heteroatoms. The van der Waals surface area contributed by atoms with Gasteiger partial charge < -0.3 is 10.0 Å². The molecule has 0 bridgehead atoms. The molecule has 0 radical (unpaired) electrons. The third kappa shape index (κ3) is 5.52. The Morgan fingerprint density at radius 1 is 0.946 bits per heavy atom. The molecule has 0 atom stereocenters. The highest BCUT2D eigenvalue weighted by Gasteiger charge is 2.26. The summed E-state index contributed by atoms with van der Waals surface area (Å²) in [5.41, 5.74) is 8.49. The third-order valence-electron chi connectivity index (χ3n) is 7.69. The van der Waals surface area contributed by atoms with Crippen LogP contribution in [0.1, 0.15) is 63.0 Å². The van der Waals surface area contributed by atoms with Crippen molar-refractivity contribution in [3.05, 3.63) is 106 Å². The van der Waals surface area contributed by atoms with E-state index >= 15 is 0 Å². The first-order valence-corrected chi connectivity index (χ1v) is 13.2. The lowest BCUT2D eigenvalue weighted by atomic mass is 9.85. The minimum Gasteiger partial charge on any atom is -0.478 e. The number of hydrogen-bond acceptors (Lipinski definition) is 2. The van der Waals surface area contributed by atoms with Crippen LogP contribution < -0.4 is 0 Å². The standard InChI is InChI=1S/C32H33F2NO2/c33-15-4-16-35-20-23(21-35)17-22-9-11-24(12-10-22)31-29-14-13-26(32(36)37)18-25(29)6-3-8-30(31)28-7-2-1-5-27(28)19-34/h1-2,5,7,9-14,18,23H,3-4,6,8,15-17,19-21H2,(H,36,37). The van der Waals surface area contributed by atoms with Gasteiger partial charge in [0.05, 0.1) is 12.2 Å². The largest absolute Gasteiger partial charge is 0.478 e. The van der Waals surface area contributed by atoms with E-state index in [2.05, 4.69) is 29.2 Å². The van der Waals surface area contributed by atoms with Gasteiger partial charge >= 0.3 is 5.97 Å². The molecule has 0 saturated carbocycles. The molecular formula is C32H33F2NO2. The summed E-state index contributed by atoms with van der Waals surface area (Å²) in [5.74, 6) is -0.325. The summed E-state index contributed by atoms with van der Waals surface area (Å²) in [7, 11) is 0. The van der Waals surface area contributed by atoms with Gasteiger partial charge in [-0.05, 0) is 94.7 Å². The van der Waals surface area contributed by atoms with Gasteiger partial charge in [0.15, 0.2) is 0 Å². The molecule has 3 nitrogen and oxygen atoms in total. The van der Waals surface area contributed by atoms with Gasteiger partial charge in [-0.1, -0.05) is 54.6 Å². The first-order valence-electron chi connectivity index (χ1n) is 13.2. The van der Waals surface area contributed by atoms with E-state index in [-0.39, 0.29) is 6.67 Å². The molecular weight excluding hydrogens is 468 g/mol. The Morgan fingerprint density at radius 2 is 1.73 bits per heavy atom. The summed E-state index contributed by atoms with van der Waals surface area (Å²) >= 11 is 0. The lowest BCUT2D eigenvalue weighted by Crippen LogP contribution is -2.47. The van der Waals surface area contributed by atoms with E-state index in [0.29, 0.717) is 23.5 Å². The number of aryl methyl sites for hydroxylation is 1. The molecule has 3 aromatic rings. The van der Waals surface area contributed by atoms with Crippen molar-refractivity contribution < 1.29 is 18.7 Å². The van der Waals surface area contributed by atoms with Gasteiger partial charge in [0.25, 0.3) is 0 Å². The van der Waals surface area contributed by atoms with E-state index in [9.17, 15) is 18.7 Å². The van der Waals surface area contributed by atoms with Gasteiger partial charge in [-0.3, -0.25) is 4.39 Å². The van der Waals surface area contributed by atoms with E-state index in [1.807, 2.05) is 30.3 Å². The first-order chi connectivity index (χ1) is 18.1. The second-order valence-corrected chi connectivity index (χ2v) is 10.2. The number of fused-ring (bicyclic) bond motifs is 1. The number of carbonyl (C=O) groups is 1. The lowest BCUT2D eigenvalue weighted by molar-refractivity contribution is 0.0696. The maximum Gasteiger partial charge on any atom is 0.335 e. The van der Waals surface area contributed by atoms with Crippen molar-refractivity contribution in [2.75, 3.05) is 26.3 Å². The van der Waals surface area contributed by atoms with E-state index in [0.717, 1.165) is 78.7 Å². The van der Waals surface area contributed by atoms with Crippen LogP contribution in [0.4, 0.5) is 8.78 Å². The van der Waals surface area contributed by atoms with Gasteiger partial charge in [0.1, 0.15) is 6.67 Å². The Balaban J connectivity index is 1.51. The summed E-state index contributed by atoms with van der Waals surface area (Å²) in [4.78, 5) is 14.0. The summed E-state index contributed by atoms with van der Waals surface area (Å²) in [5, 5.41) is 9.55. The zero-order valence-corrected chi connectivity index (χ0v) is 21.1. The van der Waals surface area contributed by atoms with Gasteiger partial charge in [-0.2, -0.15) is 0 Å². The fourth-order valence-corrected chi connectivity index (χ4v) is 5.86. The molecule has 0 spiro atoms. The smallest absolute Gasteiger partial charge is 0.335 e. The Bertz CT molecular complexity index is 1290. The van der Waals surface area contributed by atoms with Crippen LogP contribution in [0.15, 0.2) is 66.7 Å². The molecule has 3 aromatic carbocycles. The van der Waals surface area contributed by atoms with Crippen LogP contribution in [0.25, 0.3) is 11.1 Å². The van der Waals surface area contributed by atoms with E-state index in [1.54, 1.807) is 12.1 Å². The molecule has 1 saturated heterocycles. The molecule has 1 heterocycles. The first kappa shape index (κ1) is 25.3. The molecule has 1 fully saturated rings. The molecule has 2 aliphatic rings. The Morgan fingerprint density at radius 3 is 2.46 bits per heavy atom. The lowest BCUT2D eigenvalue weighted by Gasteiger charge is -2.39. The average Bonchev–Trinajstić information content (AvgIpc) is 3.09. The molecule has 0 unspecified atom stereocenters. The van der Waals surface area contributed by atoms with Gasteiger partial charge in [0, 0.05) is 19.6 Å². The van der Waals surface area contributed by atoms with Crippen molar-refractivity contribution in [3.63, 3.8) is 0 Å². The van der Waals surface area contributed by atoms with Gasteiger partial charge in [-0.25, -0.2) is 9.18 Å². The number of carboxylic acids is 1. The summed E-state index contributed by atoms with van der Waals surface area (Å²) in [6, 6.07) is 21.7. The van der Waals surface area contributed by atoms with Crippen LogP contribution in [-0.4, -0.2) is 42.3 Å². The summed E-state index contributed by atoms with van der Waals surface area (Å²) < 4.78 is 26.4. The fourth-order valence-electron chi connectivity index (χ4n) is 5.86. The van der Waals surface area contributed by atoms with Crippen molar-refractivity contribution >= 4 is 17.1 Å². The van der Waals surface area contributed by atoms with Crippen molar-refractivity contribution in [2.24, 2.45) is 5.92 Å². The highest BCUT2D eigenvalue weighted by atomic mass is 19.1. The Labute approximate surface area is 217 Å². The highest BCUT2D eigenvalue weighted by molar-refractivity contribution is 6.01. The summed E-state index contributed by atoms with van der Waals surface area (Å²) in [6.07, 6.45) is 4.05. The highest BCUT2D eigenvalue weighted by Crippen LogP contribution is 2.41. The molecule has 1 aliphatic carbocycles. The molecule has 1 aliphatic heterocycles. The predicted octanol–water partition coefficient (Wildman–Crippen LogP) is 6.98. The van der Waals surface area contributed by atoms with E-state index < -0.39 is 12.6 Å². The molecule has 192 valence electrons. The number of allylic oxidation sites excluding steroid dienone is 1. The van der Waals surface area contributed by atoms with Crippen LogP contribution >= 0.6 is 0 Å². The maximum atomic E-state index is 14.0. The molecule has 0 amide bonds. The quantitative estimate of drug-likeness (QED) is 0.344. The maximum absolute atomic E-state index is 14.0. The van der Waals surface area contributed by atoms with Crippen molar-refractivity contribution in [3.8, 4) is 0 Å². The SMILES string of the molecule is O=C(O)c1ccc2c(c1)CCCC(c1ccccc1CF)=C2c1ccc(CC2CN(CCCF)C2)cc1. The van der Waals surface area contributed by atoms with Crippen molar-refractivity contribution in [2.45, 2.75) is 38.8 Å². The second-order valence-electron chi connectivity index (χ2n) is 10.2. The normalized spacial score (nSPS) is 16.3. The minimum atomic E-state index is -0.927. The number of alkyl halides is 2. The zero-order valence-electron chi connectivity index (χ0n) is 21.1. The van der Waals surface area contributed by atoms with Crippen LogP contribution in [0, 0.1) is 5.92 Å². The number of likely N-dealkylation sites (tertiary alicyclic amines) is 1. The molecule has 5 rings (SSSR count). The molecule has 1 N–H and O–H groups in total. The van der Waals surface area contributed by atoms with Crippen LogP contribution in [0.5, 0.6) is 0 Å². The number of rotatable bonds is 9. The number of aromatic carboxylic acids is 1. The van der Waals surface area contributed by atoms with Crippen LogP contribution in [-0.2, 0) is 19.5 Å². The third-order valence-corrected chi connectivity index (χ3v) is 7.69. The van der Waals surface area contributed by atoms with E-state index in [4.69, 9.17) is 0 Å². The Hall–Kier alpha value is -3.31. The number of halogens is 2. The number of hydrogen-bond donors (Lipinski definition) is 1. The zero-order chi connectivity index (χ0) is 25.8. The van der Waals surface area contributed by atoms with E-state index in [1.165, 1.54) is 5.56 Å². The number of carboxylic acid groups (broad SMARTS) is 1. The second kappa shape index (κ2) is 11.4. The number of benzene rings is 3.